The molecule has 1 heterocycles. The summed E-state index contributed by atoms with van der Waals surface area (Å²) in [6.07, 6.45) is -3.32. The average molecular weight is 362 g/mol. The second-order valence-electron chi connectivity index (χ2n) is 5.25. The van der Waals surface area contributed by atoms with Gasteiger partial charge in [-0.1, -0.05) is 12.1 Å². The van der Waals surface area contributed by atoms with Gasteiger partial charge in [0, 0.05) is 5.56 Å². The zero-order valence-electron chi connectivity index (χ0n) is 13.5. The van der Waals surface area contributed by atoms with Crippen LogP contribution in [0.4, 0.5) is 18.9 Å². The maximum Gasteiger partial charge on any atom is 0.416 e. The topological polar surface area (TPSA) is 67.9 Å². The Morgan fingerprint density at radius 3 is 2.65 bits per heavy atom. The number of rotatable bonds is 4. The first kappa shape index (κ1) is 17.5. The Balaban J connectivity index is 1.87. The standard InChI is InChI=1S/C18H13F3N2O3/c1-25-14-7-2-4-11(8-14)16-23-15(17(24)26-16)10-22-13-6-3-5-12(9-13)18(19,20)21/h2-10,24H,1H3. The van der Waals surface area contributed by atoms with Gasteiger partial charge in [0.1, 0.15) is 5.75 Å². The second kappa shape index (κ2) is 6.91. The van der Waals surface area contributed by atoms with Crippen molar-refractivity contribution in [1.82, 2.24) is 4.98 Å². The van der Waals surface area contributed by atoms with Gasteiger partial charge >= 0.3 is 12.1 Å². The van der Waals surface area contributed by atoms with Crippen LogP contribution in [-0.2, 0) is 6.18 Å². The van der Waals surface area contributed by atoms with Gasteiger partial charge in [0.05, 0.1) is 24.6 Å². The number of halogens is 3. The maximum absolute atomic E-state index is 12.7. The molecule has 2 aromatic carbocycles. The molecule has 3 aromatic rings. The molecule has 0 saturated carbocycles. The molecule has 0 atom stereocenters. The molecule has 0 aliphatic heterocycles. The van der Waals surface area contributed by atoms with E-state index >= 15 is 0 Å². The molecular formula is C18H13F3N2O3. The fourth-order valence-corrected chi connectivity index (χ4v) is 2.19. The van der Waals surface area contributed by atoms with E-state index < -0.39 is 17.7 Å². The van der Waals surface area contributed by atoms with E-state index in [-0.39, 0.29) is 17.3 Å². The summed E-state index contributed by atoms with van der Waals surface area (Å²) in [4.78, 5) is 8.02. The van der Waals surface area contributed by atoms with Gasteiger partial charge in [0.15, 0.2) is 5.69 Å². The third-order valence-electron chi connectivity index (χ3n) is 3.46. The first-order valence-corrected chi connectivity index (χ1v) is 7.42. The summed E-state index contributed by atoms with van der Waals surface area (Å²) in [7, 11) is 1.51. The highest BCUT2D eigenvalue weighted by Gasteiger charge is 2.30. The summed E-state index contributed by atoms with van der Waals surface area (Å²) in [5.41, 5.74) is -0.169. The van der Waals surface area contributed by atoms with Gasteiger partial charge in [-0.25, -0.2) is 4.98 Å². The Labute approximate surface area is 146 Å². The van der Waals surface area contributed by atoms with Crippen LogP contribution in [-0.4, -0.2) is 23.4 Å². The summed E-state index contributed by atoms with van der Waals surface area (Å²) in [6.45, 7) is 0. The number of aromatic hydroxyl groups is 1. The van der Waals surface area contributed by atoms with Gasteiger partial charge < -0.3 is 14.3 Å². The number of aliphatic imine (C=N–C) groups is 1. The highest BCUT2D eigenvalue weighted by atomic mass is 19.4. The Morgan fingerprint density at radius 2 is 1.92 bits per heavy atom. The molecule has 0 saturated heterocycles. The van der Waals surface area contributed by atoms with Gasteiger partial charge in [-0.15, -0.1) is 0 Å². The van der Waals surface area contributed by atoms with Crippen molar-refractivity contribution in [1.29, 1.82) is 0 Å². The molecule has 134 valence electrons. The minimum atomic E-state index is -4.46. The van der Waals surface area contributed by atoms with Crippen molar-refractivity contribution in [3.63, 3.8) is 0 Å². The van der Waals surface area contributed by atoms with Gasteiger partial charge in [0.2, 0.25) is 5.89 Å². The number of aromatic nitrogens is 1. The van der Waals surface area contributed by atoms with Crippen molar-refractivity contribution in [2.45, 2.75) is 6.18 Å². The number of benzene rings is 2. The molecule has 0 unspecified atom stereocenters. The van der Waals surface area contributed by atoms with Crippen molar-refractivity contribution in [2.75, 3.05) is 7.11 Å². The van der Waals surface area contributed by atoms with Gasteiger partial charge in [-0.3, -0.25) is 4.99 Å². The summed E-state index contributed by atoms with van der Waals surface area (Å²) < 4.78 is 48.4. The van der Waals surface area contributed by atoms with Crippen molar-refractivity contribution < 1.29 is 27.4 Å². The van der Waals surface area contributed by atoms with Crippen LogP contribution in [0.5, 0.6) is 11.7 Å². The van der Waals surface area contributed by atoms with Crippen molar-refractivity contribution >= 4 is 11.9 Å². The first-order chi connectivity index (χ1) is 12.4. The van der Waals surface area contributed by atoms with E-state index in [0.29, 0.717) is 11.3 Å². The van der Waals surface area contributed by atoms with Crippen LogP contribution in [0.1, 0.15) is 11.3 Å². The quantitative estimate of drug-likeness (QED) is 0.676. The van der Waals surface area contributed by atoms with Crippen LogP contribution in [0.15, 0.2) is 57.9 Å². The van der Waals surface area contributed by atoms with E-state index in [1.54, 1.807) is 24.3 Å². The predicted molar refractivity (Wildman–Crippen MR) is 88.9 cm³/mol. The summed E-state index contributed by atoms with van der Waals surface area (Å²) >= 11 is 0. The largest absolute Gasteiger partial charge is 0.497 e. The Morgan fingerprint density at radius 1 is 1.15 bits per heavy atom. The Kier molecular flexibility index (Phi) is 4.66. The number of hydrogen-bond acceptors (Lipinski definition) is 5. The summed E-state index contributed by atoms with van der Waals surface area (Å²) in [6, 6.07) is 11.4. The van der Waals surface area contributed by atoms with E-state index in [1.807, 2.05) is 0 Å². The third kappa shape index (κ3) is 3.85. The minimum absolute atomic E-state index is 0.000214. The van der Waals surface area contributed by atoms with E-state index in [4.69, 9.17) is 9.15 Å². The van der Waals surface area contributed by atoms with E-state index in [1.165, 1.54) is 19.2 Å². The lowest BCUT2D eigenvalue weighted by Crippen LogP contribution is -2.03. The molecule has 0 bridgehead atoms. The van der Waals surface area contributed by atoms with Crippen LogP contribution in [0.2, 0.25) is 0 Å². The number of nitrogens with zero attached hydrogens (tertiary/aromatic N) is 2. The number of alkyl halides is 3. The number of methoxy groups -OCH3 is 1. The molecule has 0 spiro atoms. The molecule has 0 fully saturated rings. The van der Waals surface area contributed by atoms with Crippen LogP contribution in [0.3, 0.4) is 0 Å². The number of oxazole rings is 1. The van der Waals surface area contributed by atoms with Gasteiger partial charge in [-0.2, -0.15) is 13.2 Å². The smallest absolute Gasteiger partial charge is 0.416 e. The Hall–Kier alpha value is -3.29. The molecule has 0 amide bonds. The van der Waals surface area contributed by atoms with E-state index in [0.717, 1.165) is 18.3 Å². The summed E-state index contributed by atoms with van der Waals surface area (Å²) in [5, 5.41) is 9.85. The molecule has 5 nitrogen and oxygen atoms in total. The van der Waals surface area contributed by atoms with Gasteiger partial charge in [0.25, 0.3) is 0 Å². The zero-order valence-corrected chi connectivity index (χ0v) is 13.5. The molecule has 0 radical (unpaired) electrons. The van der Waals surface area contributed by atoms with Crippen LogP contribution in [0, 0.1) is 0 Å². The normalized spacial score (nSPS) is 11.8. The molecule has 1 N–H and O–H groups in total. The SMILES string of the molecule is COc1cccc(-c2nc(C=Nc3cccc(C(F)(F)F)c3)c(O)o2)c1. The number of hydrogen-bond donors (Lipinski definition) is 1. The molecule has 26 heavy (non-hydrogen) atoms. The Bertz CT molecular complexity index is 949. The van der Waals surface area contributed by atoms with Crippen molar-refractivity contribution in [3.8, 4) is 23.1 Å². The fourth-order valence-electron chi connectivity index (χ4n) is 2.19. The lowest BCUT2D eigenvalue weighted by atomic mass is 10.2. The summed E-state index contributed by atoms with van der Waals surface area (Å²) in [5.74, 6) is 0.227. The first-order valence-electron chi connectivity index (χ1n) is 7.42. The van der Waals surface area contributed by atoms with Crippen LogP contribution in [0.25, 0.3) is 11.5 Å². The van der Waals surface area contributed by atoms with E-state index in [9.17, 15) is 18.3 Å². The highest BCUT2D eigenvalue weighted by Crippen LogP contribution is 2.32. The van der Waals surface area contributed by atoms with Crippen molar-refractivity contribution in [3.05, 3.63) is 59.8 Å². The lowest BCUT2D eigenvalue weighted by Gasteiger charge is -2.06. The monoisotopic (exact) mass is 362 g/mol. The predicted octanol–water partition coefficient (Wildman–Crippen LogP) is 4.83. The molecule has 8 heteroatoms. The third-order valence-corrected chi connectivity index (χ3v) is 3.46. The second-order valence-corrected chi connectivity index (χ2v) is 5.25. The fraction of sp³-hybridized carbons (Fsp3) is 0.111. The number of ether oxygens (including phenoxy) is 1. The maximum atomic E-state index is 12.7. The van der Waals surface area contributed by atoms with Crippen molar-refractivity contribution in [2.24, 2.45) is 4.99 Å². The lowest BCUT2D eigenvalue weighted by molar-refractivity contribution is -0.137. The van der Waals surface area contributed by atoms with Gasteiger partial charge in [-0.05, 0) is 36.4 Å². The average Bonchev–Trinajstić information content (AvgIpc) is 3.00. The van der Waals surface area contributed by atoms with Crippen LogP contribution < -0.4 is 4.74 Å². The molecule has 0 aliphatic carbocycles. The molecule has 0 aliphatic rings. The zero-order chi connectivity index (χ0) is 18.7. The minimum Gasteiger partial charge on any atom is -0.497 e. The molecule has 1 aromatic heterocycles. The molecule has 3 rings (SSSR count). The highest BCUT2D eigenvalue weighted by molar-refractivity contribution is 5.83. The van der Waals surface area contributed by atoms with E-state index in [2.05, 4.69) is 9.98 Å². The van der Waals surface area contributed by atoms with Crippen LogP contribution >= 0.6 is 0 Å². The molecular weight excluding hydrogens is 349 g/mol.